The van der Waals surface area contributed by atoms with Gasteiger partial charge in [-0.3, -0.25) is 14.4 Å². The second kappa shape index (κ2) is 60.9. The Morgan fingerprint density at radius 3 is 0.849 bits per heavy atom. The van der Waals surface area contributed by atoms with Crippen molar-refractivity contribution in [1.82, 2.24) is 0 Å². The molecule has 0 spiro atoms. The highest BCUT2D eigenvalue weighted by Gasteiger charge is 2.19. The molecular formula is C67H114O6. The fourth-order valence-electron chi connectivity index (χ4n) is 8.38. The molecule has 0 heterocycles. The molecule has 0 amide bonds. The first-order chi connectivity index (χ1) is 36.0. The van der Waals surface area contributed by atoms with Crippen LogP contribution in [0.3, 0.4) is 0 Å². The molecule has 0 aliphatic heterocycles. The number of hydrogen-bond donors (Lipinski definition) is 0. The SMILES string of the molecule is CCCCC/C=C\C/C=C\C/C=C\C/C=C\CCCC(=O)O[C@H](COC(=O)CCCCCC/C=C\C/C=C\C/C=C\CCCCC)COC(=O)CCCCCCCCCCCCC/C=C\CCCCCCCC. The number of carbonyl (C=O) groups is 3. The molecule has 0 aromatic rings. The third kappa shape index (κ3) is 59.1. The van der Waals surface area contributed by atoms with Crippen molar-refractivity contribution in [1.29, 1.82) is 0 Å². The van der Waals surface area contributed by atoms with Crippen LogP contribution >= 0.6 is 0 Å². The number of carbonyl (C=O) groups excluding carboxylic acids is 3. The molecule has 0 saturated heterocycles. The molecule has 6 nitrogen and oxygen atoms in total. The Morgan fingerprint density at radius 1 is 0.274 bits per heavy atom. The summed E-state index contributed by atoms with van der Waals surface area (Å²) in [5, 5.41) is 0. The van der Waals surface area contributed by atoms with Crippen molar-refractivity contribution in [3.8, 4) is 0 Å². The van der Waals surface area contributed by atoms with Crippen molar-refractivity contribution < 1.29 is 28.6 Å². The monoisotopic (exact) mass is 1010 g/mol. The molecule has 0 rings (SSSR count). The standard InChI is InChI=1S/C67H114O6/c1-4-7-10-13-16-19-22-25-28-31-32-33-34-37-39-42-45-48-51-54-57-60-66(69)72-63-64(73-67(70)61-58-55-52-49-46-43-40-36-30-27-24-21-18-15-12-9-6-3)62-71-65(68)59-56-53-50-47-44-41-38-35-29-26-23-20-17-14-11-8-5-2/h17-18,20-21,25-30,38,40-41,43,49,52,64H,4-16,19,22-24,31-37,39,42,44-48,50-51,53-63H2,1-3H3/b20-17-,21-18-,28-25-,29-26-,30-27-,41-38-,43-40-,52-49-/t64-/m1/s1. The van der Waals surface area contributed by atoms with Gasteiger partial charge in [-0.2, -0.15) is 0 Å². The maximum Gasteiger partial charge on any atom is 0.306 e. The lowest BCUT2D eigenvalue weighted by molar-refractivity contribution is -0.167. The van der Waals surface area contributed by atoms with Gasteiger partial charge in [-0.15, -0.1) is 0 Å². The van der Waals surface area contributed by atoms with Gasteiger partial charge in [-0.25, -0.2) is 0 Å². The maximum atomic E-state index is 12.9. The van der Waals surface area contributed by atoms with Gasteiger partial charge >= 0.3 is 17.9 Å². The van der Waals surface area contributed by atoms with E-state index in [4.69, 9.17) is 14.2 Å². The average molecular weight is 1020 g/mol. The zero-order valence-corrected chi connectivity index (χ0v) is 47.9. The predicted molar refractivity (Wildman–Crippen MR) is 316 cm³/mol. The molecule has 0 aromatic carbocycles. The first kappa shape index (κ1) is 69.3. The molecule has 0 N–H and O–H groups in total. The van der Waals surface area contributed by atoms with Gasteiger partial charge in [0, 0.05) is 19.3 Å². The molecular weight excluding hydrogens is 901 g/mol. The Bertz CT molecular complexity index is 1440. The van der Waals surface area contributed by atoms with Crippen LogP contribution in [0.15, 0.2) is 97.2 Å². The predicted octanol–water partition coefficient (Wildman–Crippen LogP) is 20.9. The fourth-order valence-corrected chi connectivity index (χ4v) is 8.38. The fraction of sp³-hybridized carbons (Fsp3) is 0.716. The second-order valence-electron chi connectivity index (χ2n) is 20.2. The third-order valence-electron chi connectivity index (χ3n) is 13.0. The Kier molecular flexibility index (Phi) is 57.8. The number of unbranched alkanes of at least 4 members (excludes halogenated alkanes) is 28. The summed E-state index contributed by atoms with van der Waals surface area (Å²) >= 11 is 0. The largest absolute Gasteiger partial charge is 0.462 e. The Labute approximate surface area is 451 Å². The molecule has 418 valence electrons. The van der Waals surface area contributed by atoms with Crippen molar-refractivity contribution >= 4 is 17.9 Å². The van der Waals surface area contributed by atoms with Crippen LogP contribution < -0.4 is 0 Å². The molecule has 0 fully saturated rings. The van der Waals surface area contributed by atoms with Crippen molar-refractivity contribution in [2.24, 2.45) is 0 Å². The summed E-state index contributed by atoms with van der Waals surface area (Å²) in [6.45, 7) is 6.53. The first-order valence-electron chi connectivity index (χ1n) is 30.7. The smallest absolute Gasteiger partial charge is 0.306 e. The number of rotatable bonds is 55. The molecule has 0 aromatic heterocycles. The number of allylic oxidation sites excluding steroid dienone is 16. The van der Waals surface area contributed by atoms with E-state index in [1.807, 2.05) is 0 Å². The van der Waals surface area contributed by atoms with E-state index in [9.17, 15) is 14.4 Å². The molecule has 73 heavy (non-hydrogen) atoms. The van der Waals surface area contributed by atoms with Crippen LogP contribution in [0.1, 0.15) is 290 Å². The lowest BCUT2D eigenvalue weighted by atomic mass is 10.0. The first-order valence-corrected chi connectivity index (χ1v) is 30.7. The highest BCUT2D eigenvalue weighted by molar-refractivity contribution is 5.71. The molecule has 0 saturated carbocycles. The zero-order chi connectivity index (χ0) is 52.9. The topological polar surface area (TPSA) is 78.9 Å². The number of ether oxygens (including phenoxy) is 3. The lowest BCUT2D eigenvalue weighted by Crippen LogP contribution is -2.30. The van der Waals surface area contributed by atoms with Gasteiger partial charge in [0.25, 0.3) is 0 Å². The van der Waals surface area contributed by atoms with Crippen molar-refractivity contribution in [2.75, 3.05) is 13.2 Å². The molecule has 0 radical (unpaired) electrons. The summed E-state index contributed by atoms with van der Waals surface area (Å²) in [6, 6.07) is 0. The summed E-state index contributed by atoms with van der Waals surface area (Å²) in [4.78, 5) is 38.2. The van der Waals surface area contributed by atoms with E-state index in [0.29, 0.717) is 19.3 Å². The van der Waals surface area contributed by atoms with E-state index in [1.165, 1.54) is 154 Å². The minimum atomic E-state index is -0.817. The van der Waals surface area contributed by atoms with Crippen molar-refractivity contribution in [2.45, 2.75) is 297 Å². The van der Waals surface area contributed by atoms with Gasteiger partial charge < -0.3 is 14.2 Å². The van der Waals surface area contributed by atoms with Crippen LogP contribution in [0.2, 0.25) is 0 Å². The van der Waals surface area contributed by atoms with Crippen LogP contribution in [0.25, 0.3) is 0 Å². The zero-order valence-electron chi connectivity index (χ0n) is 47.9. The highest BCUT2D eigenvalue weighted by atomic mass is 16.6. The van der Waals surface area contributed by atoms with Gasteiger partial charge in [0.2, 0.25) is 0 Å². The second-order valence-corrected chi connectivity index (χ2v) is 20.2. The van der Waals surface area contributed by atoms with Crippen LogP contribution in [0.5, 0.6) is 0 Å². The van der Waals surface area contributed by atoms with Gasteiger partial charge in [-0.1, -0.05) is 246 Å². The van der Waals surface area contributed by atoms with E-state index < -0.39 is 6.10 Å². The Morgan fingerprint density at radius 2 is 0.507 bits per heavy atom. The maximum absolute atomic E-state index is 12.9. The summed E-state index contributed by atoms with van der Waals surface area (Å²) in [7, 11) is 0. The van der Waals surface area contributed by atoms with E-state index in [1.54, 1.807) is 0 Å². The average Bonchev–Trinajstić information content (AvgIpc) is 3.39. The quantitative estimate of drug-likeness (QED) is 0.0261. The highest BCUT2D eigenvalue weighted by Crippen LogP contribution is 2.15. The van der Waals surface area contributed by atoms with Gasteiger partial charge in [0.05, 0.1) is 0 Å². The molecule has 0 aliphatic carbocycles. The molecule has 6 heteroatoms. The minimum absolute atomic E-state index is 0.107. The molecule has 0 unspecified atom stereocenters. The molecule has 1 atom stereocenters. The van der Waals surface area contributed by atoms with Crippen LogP contribution in [0.4, 0.5) is 0 Å². The van der Waals surface area contributed by atoms with E-state index in [-0.39, 0.29) is 37.5 Å². The van der Waals surface area contributed by atoms with Crippen molar-refractivity contribution in [3.63, 3.8) is 0 Å². The van der Waals surface area contributed by atoms with Crippen LogP contribution in [-0.2, 0) is 28.6 Å². The molecule has 0 aliphatic rings. The van der Waals surface area contributed by atoms with Crippen LogP contribution in [-0.4, -0.2) is 37.2 Å². The van der Waals surface area contributed by atoms with E-state index >= 15 is 0 Å². The van der Waals surface area contributed by atoms with E-state index in [0.717, 1.165) is 89.9 Å². The summed E-state index contributed by atoms with van der Waals surface area (Å²) in [5.74, 6) is -0.980. The Hall–Kier alpha value is -3.67. The van der Waals surface area contributed by atoms with Gasteiger partial charge in [-0.05, 0) is 122 Å². The summed E-state index contributed by atoms with van der Waals surface area (Å²) in [6.07, 6.45) is 81.2. The lowest BCUT2D eigenvalue weighted by Gasteiger charge is -2.18. The number of hydrogen-bond acceptors (Lipinski definition) is 6. The third-order valence-corrected chi connectivity index (χ3v) is 13.0. The minimum Gasteiger partial charge on any atom is -0.462 e. The van der Waals surface area contributed by atoms with Crippen LogP contribution in [0, 0.1) is 0 Å². The van der Waals surface area contributed by atoms with Gasteiger partial charge in [0.15, 0.2) is 6.10 Å². The van der Waals surface area contributed by atoms with Crippen molar-refractivity contribution in [3.05, 3.63) is 97.2 Å². The van der Waals surface area contributed by atoms with Gasteiger partial charge in [0.1, 0.15) is 13.2 Å². The summed E-state index contributed by atoms with van der Waals surface area (Å²) < 4.78 is 16.8. The number of esters is 3. The summed E-state index contributed by atoms with van der Waals surface area (Å²) in [5.41, 5.74) is 0. The Balaban J connectivity index is 4.47. The normalized spacial score (nSPS) is 12.8. The molecule has 0 bridgehead atoms. The van der Waals surface area contributed by atoms with E-state index in [2.05, 4.69) is 118 Å².